The summed E-state index contributed by atoms with van der Waals surface area (Å²) in [5.41, 5.74) is 6.45. The first-order chi connectivity index (χ1) is 8.01. The molecule has 0 radical (unpaired) electrons. The van der Waals surface area contributed by atoms with E-state index in [4.69, 9.17) is 5.73 Å². The molecule has 0 aliphatic carbocycles. The Morgan fingerprint density at radius 3 is 2.65 bits per heavy atom. The summed E-state index contributed by atoms with van der Waals surface area (Å²) in [6.07, 6.45) is 1.02. The number of hydrogen-bond acceptors (Lipinski definition) is 2. The van der Waals surface area contributed by atoms with Crippen LogP contribution in [0.4, 0.5) is 4.39 Å². The monoisotopic (exact) mass is 302 g/mol. The first-order valence-corrected chi connectivity index (χ1v) is 6.67. The van der Waals surface area contributed by atoms with Crippen molar-refractivity contribution in [2.24, 2.45) is 5.73 Å². The summed E-state index contributed by atoms with van der Waals surface area (Å²) in [7, 11) is 1.99. The van der Waals surface area contributed by atoms with Crippen molar-refractivity contribution in [1.82, 2.24) is 4.90 Å². The molecule has 0 saturated heterocycles. The summed E-state index contributed by atoms with van der Waals surface area (Å²) in [4.78, 5) is 2.13. The number of benzene rings is 1. The van der Waals surface area contributed by atoms with Crippen molar-refractivity contribution in [2.75, 3.05) is 13.6 Å². The zero-order chi connectivity index (χ0) is 13.0. The number of likely N-dealkylation sites (N-methyl/N-ethyl adjacent to an activating group) is 1. The third-order valence-corrected chi connectivity index (χ3v) is 3.81. The van der Waals surface area contributed by atoms with Crippen molar-refractivity contribution in [3.05, 3.63) is 34.1 Å². The molecular weight excluding hydrogens is 283 g/mol. The first-order valence-electron chi connectivity index (χ1n) is 5.88. The summed E-state index contributed by atoms with van der Waals surface area (Å²) in [5.74, 6) is -0.196. The van der Waals surface area contributed by atoms with Crippen LogP contribution in [0.5, 0.6) is 0 Å². The van der Waals surface area contributed by atoms with Gasteiger partial charge in [-0.2, -0.15) is 0 Å². The highest BCUT2D eigenvalue weighted by Gasteiger charge is 2.22. The van der Waals surface area contributed by atoms with Gasteiger partial charge in [0.05, 0.1) is 0 Å². The maximum absolute atomic E-state index is 13.8. The second-order valence-electron chi connectivity index (χ2n) is 4.34. The van der Waals surface area contributed by atoms with Crippen molar-refractivity contribution >= 4 is 15.9 Å². The molecular formula is C13H20BrFN2. The Morgan fingerprint density at radius 2 is 2.12 bits per heavy atom. The van der Waals surface area contributed by atoms with Gasteiger partial charge < -0.3 is 5.73 Å². The predicted molar refractivity (Wildman–Crippen MR) is 73.4 cm³/mol. The van der Waals surface area contributed by atoms with Crippen LogP contribution in [0.2, 0.25) is 0 Å². The molecule has 17 heavy (non-hydrogen) atoms. The molecule has 0 bridgehead atoms. The molecule has 1 rings (SSSR count). The van der Waals surface area contributed by atoms with Gasteiger partial charge in [-0.05, 0) is 38.6 Å². The van der Waals surface area contributed by atoms with Gasteiger partial charge in [-0.25, -0.2) is 4.39 Å². The van der Waals surface area contributed by atoms with Gasteiger partial charge in [0.15, 0.2) is 0 Å². The molecule has 1 aromatic carbocycles. The zero-order valence-corrected chi connectivity index (χ0v) is 12.2. The summed E-state index contributed by atoms with van der Waals surface area (Å²) in [6, 6.07) is 5.29. The average Bonchev–Trinajstić information content (AvgIpc) is 2.33. The minimum Gasteiger partial charge on any atom is -0.329 e. The van der Waals surface area contributed by atoms with E-state index in [1.807, 2.05) is 13.1 Å². The number of hydrogen-bond donors (Lipinski definition) is 1. The molecule has 4 heteroatoms. The van der Waals surface area contributed by atoms with Crippen molar-refractivity contribution in [1.29, 1.82) is 0 Å². The van der Waals surface area contributed by atoms with Gasteiger partial charge in [0, 0.05) is 28.7 Å². The Labute approximate surface area is 111 Å². The third kappa shape index (κ3) is 3.50. The lowest BCUT2D eigenvalue weighted by Crippen LogP contribution is -2.37. The first kappa shape index (κ1) is 14.6. The highest BCUT2D eigenvalue weighted by atomic mass is 79.9. The maximum atomic E-state index is 13.8. The van der Waals surface area contributed by atoms with Crippen molar-refractivity contribution in [3.8, 4) is 0 Å². The summed E-state index contributed by atoms with van der Waals surface area (Å²) < 4.78 is 14.7. The molecule has 0 aliphatic rings. The molecule has 0 fully saturated rings. The molecule has 2 atom stereocenters. The molecule has 96 valence electrons. The van der Waals surface area contributed by atoms with Crippen LogP contribution >= 0.6 is 15.9 Å². The smallest absolute Gasteiger partial charge is 0.128 e. The van der Waals surface area contributed by atoms with E-state index in [-0.39, 0.29) is 11.9 Å². The van der Waals surface area contributed by atoms with Gasteiger partial charge in [-0.1, -0.05) is 22.9 Å². The van der Waals surface area contributed by atoms with E-state index in [0.29, 0.717) is 18.2 Å². The van der Waals surface area contributed by atoms with Crippen LogP contribution in [0, 0.1) is 5.82 Å². The number of rotatable bonds is 5. The molecule has 0 heterocycles. The largest absolute Gasteiger partial charge is 0.329 e. The molecule has 2 N–H and O–H groups in total. The molecule has 0 saturated carbocycles. The molecule has 0 aromatic heterocycles. The number of halogens is 2. The van der Waals surface area contributed by atoms with Crippen LogP contribution in [0.3, 0.4) is 0 Å². The normalized spacial score (nSPS) is 15.0. The van der Waals surface area contributed by atoms with Crippen LogP contribution in [0.15, 0.2) is 22.7 Å². The maximum Gasteiger partial charge on any atom is 0.128 e. The van der Waals surface area contributed by atoms with E-state index in [1.165, 1.54) is 6.07 Å². The molecule has 0 amide bonds. The molecule has 2 nitrogen and oxygen atoms in total. The molecule has 1 aromatic rings. The second-order valence-corrected chi connectivity index (χ2v) is 5.26. The average molecular weight is 303 g/mol. The number of nitrogens with zero attached hydrogens (tertiary/aromatic N) is 1. The molecule has 0 aliphatic heterocycles. The van der Waals surface area contributed by atoms with E-state index in [2.05, 4.69) is 34.7 Å². The van der Waals surface area contributed by atoms with Crippen LogP contribution in [0.1, 0.15) is 31.9 Å². The van der Waals surface area contributed by atoms with Crippen molar-refractivity contribution < 1.29 is 4.39 Å². The Kier molecular flexibility index (Phi) is 5.56. The molecule has 2 unspecified atom stereocenters. The van der Waals surface area contributed by atoms with Crippen LogP contribution in [-0.4, -0.2) is 24.5 Å². The zero-order valence-electron chi connectivity index (χ0n) is 10.6. The van der Waals surface area contributed by atoms with Crippen LogP contribution in [-0.2, 0) is 0 Å². The van der Waals surface area contributed by atoms with E-state index >= 15 is 0 Å². The predicted octanol–water partition coefficient (Wildman–Crippen LogP) is 3.32. The van der Waals surface area contributed by atoms with Crippen molar-refractivity contribution in [3.63, 3.8) is 0 Å². The lowest BCUT2D eigenvalue weighted by molar-refractivity contribution is 0.181. The van der Waals surface area contributed by atoms with Gasteiger partial charge in [0.2, 0.25) is 0 Å². The van der Waals surface area contributed by atoms with E-state index < -0.39 is 0 Å². The molecule has 0 spiro atoms. The highest BCUT2D eigenvalue weighted by molar-refractivity contribution is 9.10. The summed E-state index contributed by atoms with van der Waals surface area (Å²) in [5, 5.41) is 0. The summed E-state index contributed by atoms with van der Waals surface area (Å²) in [6.45, 7) is 4.65. The van der Waals surface area contributed by atoms with E-state index in [0.717, 1.165) is 10.9 Å². The van der Waals surface area contributed by atoms with Gasteiger partial charge in [0.25, 0.3) is 0 Å². The van der Waals surface area contributed by atoms with Crippen LogP contribution in [0.25, 0.3) is 0 Å². The Bertz CT molecular complexity index is 370. The number of nitrogens with two attached hydrogens (primary N) is 1. The fourth-order valence-corrected chi connectivity index (χ4v) is 2.26. The highest BCUT2D eigenvalue weighted by Crippen LogP contribution is 2.26. The van der Waals surface area contributed by atoms with Crippen LogP contribution < -0.4 is 5.73 Å². The van der Waals surface area contributed by atoms with Crippen molar-refractivity contribution in [2.45, 2.75) is 32.4 Å². The fourth-order valence-electron chi connectivity index (χ4n) is 1.88. The standard InChI is InChI=1S/C13H20BrFN2/c1-4-9(2)17(3)13(8-16)11-7-10(14)5-6-12(11)15/h5-7,9,13H,4,8,16H2,1-3H3. The van der Waals surface area contributed by atoms with E-state index in [9.17, 15) is 4.39 Å². The lowest BCUT2D eigenvalue weighted by atomic mass is 10.0. The van der Waals surface area contributed by atoms with Gasteiger partial charge in [0.1, 0.15) is 5.82 Å². The quantitative estimate of drug-likeness (QED) is 0.904. The Morgan fingerprint density at radius 1 is 1.47 bits per heavy atom. The Balaban J connectivity index is 3.04. The SMILES string of the molecule is CCC(C)N(C)C(CN)c1cc(Br)ccc1F. The second kappa shape index (κ2) is 6.47. The fraction of sp³-hybridized carbons (Fsp3) is 0.538. The third-order valence-electron chi connectivity index (χ3n) is 3.32. The summed E-state index contributed by atoms with van der Waals surface area (Å²) >= 11 is 3.37. The Hall–Kier alpha value is -0.450. The minimum atomic E-state index is -0.196. The van der Waals surface area contributed by atoms with E-state index in [1.54, 1.807) is 6.07 Å². The van der Waals surface area contributed by atoms with Gasteiger partial charge >= 0.3 is 0 Å². The minimum absolute atomic E-state index is 0.0811. The van der Waals surface area contributed by atoms with Gasteiger partial charge in [-0.3, -0.25) is 4.90 Å². The van der Waals surface area contributed by atoms with Gasteiger partial charge in [-0.15, -0.1) is 0 Å². The lowest BCUT2D eigenvalue weighted by Gasteiger charge is -2.32. The topological polar surface area (TPSA) is 29.3 Å².